The zero-order valence-corrected chi connectivity index (χ0v) is 11.0. The minimum atomic E-state index is -0.732. The Morgan fingerprint density at radius 1 is 1.33 bits per heavy atom. The van der Waals surface area contributed by atoms with Gasteiger partial charge in [0.1, 0.15) is 11.9 Å². The highest BCUT2D eigenvalue weighted by atomic mass is 35.5. The Labute approximate surface area is 111 Å². The molecule has 0 radical (unpaired) electrons. The number of hydrogen-bond acceptors (Lipinski definition) is 3. The van der Waals surface area contributed by atoms with Crippen molar-refractivity contribution in [2.45, 2.75) is 13.0 Å². The third-order valence-electron chi connectivity index (χ3n) is 2.83. The highest BCUT2D eigenvalue weighted by Gasteiger charge is 2.14. The summed E-state index contributed by atoms with van der Waals surface area (Å²) in [5, 5.41) is 10.9. The second kappa shape index (κ2) is 5.38. The molecule has 0 aliphatic rings. The summed E-state index contributed by atoms with van der Waals surface area (Å²) in [4.78, 5) is 4.17. The number of hydrogen-bond donors (Lipinski definition) is 1. The maximum Gasteiger partial charge on any atom is 0.137 e. The summed E-state index contributed by atoms with van der Waals surface area (Å²) in [6.45, 7) is 1.87. The molecule has 0 saturated carbocycles. The lowest BCUT2D eigenvalue weighted by Gasteiger charge is -2.14. The van der Waals surface area contributed by atoms with Crippen LogP contribution in [0.25, 0.3) is 0 Å². The molecule has 0 saturated heterocycles. The molecular formula is C14H14ClNO2. The average molecular weight is 264 g/mol. The van der Waals surface area contributed by atoms with Crippen LogP contribution in [0.1, 0.15) is 22.9 Å². The zero-order valence-electron chi connectivity index (χ0n) is 10.2. The first-order valence-electron chi connectivity index (χ1n) is 5.56. The van der Waals surface area contributed by atoms with Gasteiger partial charge in [-0.2, -0.15) is 0 Å². The van der Waals surface area contributed by atoms with Crippen LogP contribution in [-0.2, 0) is 0 Å². The number of rotatable bonds is 3. The van der Waals surface area contributed by atoms with Gasteiger partial charge in [0.2, 0.25) is 0 Å². The molecule has 94 valence electrons. The number of aromatic nitrogens is 1. The van der Waals surface area contributed by atoms with Crippen LogP contribution in [0.15, 0.2) is 36.5 Å². The molecule has 4 heteroatoms. The minimum absolute atomic E-state index is 0.524. The van der Waals surface area contributed by atoms with Crippen molar-refractivity contribution in [3.63, 3.8) is 0 Å². The van der Waals surface area contributed by atoms with Crippen LogP contribution in [0.4, 0.5) is 0 Å². The molecule has 1 atom stereocenters. The smallest absolute Gasteiger partial charge is 0.137 e. The Morgan fingerprint density at radius 3 is 2.78 bits per heavy atom. The monoisotopic (exact) mass is 263 g/mol. The van der Waals surface area contributed by atoms with E-state index in [1.54, 1.807) is 37.6 Å². The molecule has 0 aliphatic heterocycles. The Balaban J connectivity index is 2.40. The minimum Gasteiger partial charge on any atom is -0.495 e. The molecule has 0 bridgehead atoms. The average Bonchev–Trinajstić information content (AvgIpc) is 2.39. The summed E-state index contributed by atoms with van der Waals surface area (Å²) in [6.07, 6.45) is 0.971. The van der Waals surface area contributed by atoms with Crippen molar-refractivity contribution >= 4 is 11.6 Å². The molecule has 1 aromatic heterocycles. The predicted molar refractivity (Wildman–Crippen MR) is 71.0 cm³/mol. The molecule has 18 heavy (non-hydrogen) atoms. The SMILES string of the molecule is COc1cc(C(O)c2cccnc2C)ccc1Cl. The molecule has 3 nitrogen and oxygen atoms in total. The van der Waals surface area contributed by atoms with Crippen molar-refractivity contribution in [1.82, 2.24) is 4.98 Å². The fourth-order valence-electron chi connectivity index (χ4n) is 1.81. The number of aliphatic hydroxyl groups is 1. The van der Waals surface area contributed by atoms with E-state index in [1.807, 2.05) is 13.0 Å². The summed E-state index contributed by atoms with van der Waals surface area (Å²) in [7, 11) is 1.55. The summed E-state index contributed by atoms with van der Waals surface area (Å²) < 4.78 is 5.14. The van der Waals surface area contributed by atoms with Gasteiger partial charge in [-0.05, 0) is 30.7 Å². The molecule has 1 heterocycles. The number of pyridine rings is 1. The predicted octanol–water partition coefficient (Wildman–Crippen LogP) is 3.13. The molecule has 1 aromatic carbocycles. The lowest BCUT2D eigenvalue weighted by atomic mass is 10.0. The lowest BCUT2D eigenvalue weighted by molar-refractivity contribution is 0.218. The van der Waals surface area contributed by atoms with Crippen molar-refractivity contribution in [1.29, 1.82) is 0 Å². The third kappa shape index (κ3) is 2.47. The van der Waals surface area contributed by atoms with Crippen molar-refractivity contribution < 1.29 is 9.84 Å². The molecule has 0 aliphatic carbocycles. The van der Waals surface area contributed by atoms with Gasteiger partial charge in [0, 0.05) is 17.5 Å². The zero-order chi connectivity index (χ0) is 13.1. The van der Waals surface area contributed by atoms with Crippen LogP contribution in [0, 0.1) is 6.92 Å². The fraction of sp³-hybridized carbons (Fsp3) is 0.214. The van der Waals surface area contributed by atoms with E-state index in [0.29, 0.717) is 10.8 Å². The van der Waals surface area contributed by atoms with Gasteiger partial charge >= 0.3 is 0 Å². The van der Waals surface area contributed by atoms with E-state index in [-0.39, 0.29) is 0 Å². The number of halogens is 1. The summed E-state index contributed by atoms with van der Waals surface area (Å²) >= 11 is 5.96. The summed E-state index contributed by atoms with van der Waals surface area (Å²) in [5.41, 5.74) is 2.31. The maximum atomic E-state index is 10.3. The lowest BCUT2D eigenvalue weighted by Crippen LogP contribution is -2.03. The van der Waals surface area contributed by atoms with Crippen molar-refractivity contribution in [3.8, 4) is 5.75 Å². The standard InChI is InChI=1S/C14H14ClNO2/c1-9-11(4-3-7-16-9)14(17)10-5-6-12(15)13(8-10)18-2/h3-8,14,17H,1-2H3. The van der Waals surface area contributed by atoms with Gasteiger partial charge in [0.15, 0.2) is 0 Å². The molecule has 0 amide bonds. The molecule has 0 spiro atoms. The van der Waals surface area contributed by atoms with Crippen molar-refractivity contribution in [2.24, 2.45) is 0 Å². The van der Waals surface area contributed by atoms with Gasteiger partial charge in [-0.25, -0.2) is 0 Å². The van der Waals surface area contributed by atoms with Crippen LogP contribution >= 0.6 is 11.6 Å². The van der Waals surface area contributed by atoms with Gasteiger partial charge in [-0.15, -0.1) is 0 Å². The van der Waals surface area contributed by atoms with Crippen LogP contribution in [-0.4, -0.2) is 17.2 Å². The largest absolute Gasteiger partial charge is 0.495 e. The van der Waals surface area contributed by atoms with Gasteiger partial charge < -0.3 is 9.84 Å². The van der Waals surface area contributed by atoms with Crippen LogP contribution < -0.4 is 4.74 Å². The van der Waals surface area contributed by atoms with E-state index in [0.717, 1.165) is 16.8 Å². The number of methoxy groups -OCH3 is 1. The Kier molecular flexibility index (Phi) is 3.84. The normalized spacial score (nSPS) is 12.2. The van der Waals surface area contributed by atoms with Crippen molar-refractivity contribution in [2.75, 3.05) is 7.11 Å². The van der Waals surface area contributed by atoms with E-state index in [9.17, 15) is 5.11 Å². The number of aryl methyl sites for hydroxylation is 1. The van der Waals surface area contributed by atoms with E-state index in [2.05, 4.69) is 4.98 Å². The summed E-state index contributed by atoms with van der Waals surface area (Å²) in [6, 6.07) is 8.89. The quantitative estimate of drug-likeness (QED) is 0.925. The van der Waals surface area contributed by atoms with Gasteiger partial charge in [-0.3, -0.25) is 4.98 Å². The molecular weight excluding hydrogens is 250 g/mol. The molecule has 1 unspecified atom stereocenters. The van der Waals surface area contributed by atoms with Crippen LogP contribution in [0.5, 0.6) is 5.75 Å². The van der Waals surface area contributed by atoms with Crippen LogP contribution in [0.2, 0.25) is 5.02 Å². The van der Waals surface area contributed by atoms with E-state index in [4.69, 9.17) is 16.3 Å². The molecule has 0 fully saturated rings. The maximum absolute atomic E-state index is 10.3. The first-order valence-corrected chi connectivity index (χ1v) is 5.94. The van der Waals surface area contributed by atoms with E-state index in [1.165, 1.54) is 0 Å². The summed E-state index contributed by atoms with van der Waals surface area (Å²) in [5.74, 6) is 0.551. The van der Waals surface area contributed by atoms with Crippen LogP contribution in [0.3, 0.4) is 0 Å². The number of nitrogens with zero attached hydrogens (tertiary/aromatic N) is 1. The highest BCUT2D eigenvalue weighted by molar-refractivity contribution is 6.32. The topological polar surface area (TPSA) is 42.4 Å². The van der Waals surface area contributed by atoms with E-state index >= 15 is 0 Å². The van der Waals surface area contributed by atoms with Crippen molar-refractivity contribution in [3.05, 3.63) is 58.4 Å². The Morgan fingerprint density at radius 2 is 2.11 bits per heavy atom. The number of ether oxygens (including phenoxy) is 1. The van der Waals surface area contributed by atoms with Gasteiger partial charge in [0.05, 0.1) is 12.1 Å². The Hall–Kier alpha value is -1.58. The second-order valence-electron chi connectivity index (χ2n) is 3.97. The fourth-order valence-corrected chi connectivity index (χ4v) is 2.01. The van der Waals surface area contributed by atoms with Gasteiger partial charge in [-0.1, -0.05) is 23.7 Å². The number of benzene rings is 1. The molecule has 2 aromatic rings. The second-order valence-corrected chi connectivity index (χ2v) is 4.38. The third-order valence-corrected chi connectivity index (χ3v) is 3.15. The molecule has 1 N–H and O–H groups in total. The Bertz CT molecular complexity index is 557. The molecule has 2 rings (SSSR count). The first-order chi connectivity index (χ1) is 8.63. The van der Waals surface area contributed by atoms with Gasteiger partial charge in [0.25, 0.3) is 0 Å². The first kappa shape index (κ1) is 12.9. The number of aliphatic hydroxyl groups excluding tert-OH is 1. The highest BCUT2D eigenvalue weighted by Crippen LogP contribution is 2.30. The van der Waals surface area contributed by atoms with E-state index < -0.39 is 6.10 Å².